The Kier molecular flexibility index (Phi) is 11.5. The van der Waals surface area contributed by atoms with Gasteiger partial charge >= 0.3 is 0 Å². The Balaban J connectivity index is 2.55. The van der Waals surface area contributed by atoms with Gasteiger partial charge in [0.1, 0.15) is 0 Å². The number of nitrogens with zero attached hydrogens (tertiary/aromatic N) is 4. The van der Waals surface area contributed by atoms with Crippen molar-refractivity contribution >= 4 is 29.1 Å². The third kappa shape index (κ3) is 8.20. The average Bonchev–Trinajstić information content (AvgIpc) is 3.34. The van der Waals surface area contributed by atoms with E-state index in [4.69, 9.17) is 4.98 Å². The maximum atomic E-state index is 5.34. The Labute approximate surface area is 219 Å². The minimum absolute atomic E-state index is 0.0254. The van der Waals surface area contributed by atoms with E-state index in [9.17, 15) is 0 Å². The van der Waals surface area contributed by atoms with Gasteiger partial charge in [0.25, 0.3) is 0 Å². The zero-order chi connectivity index (χ0) is 26.2. The number of hydrogen-bond acceptors (Lipinski definition) is 4. The molecular formula is C30H52N4S. The van der Waals surface area contributed by atoms with Gasteiger partial charge in [-0.2, -0.15) is 5.10 Å². The van der Waals surface area contributed by atoms with Crippen LogP contribution in [0.3, 0.4) is 0 Å². The Morgan fingerprint density at radius 1 is 1.00 bits per heavy atom. The second-order valence-electron chi connectivity index (χ2n) is 11.4. The molecule has 0 saturated carbocycles. The topological polar surface area (TPSA) is 34.0 Å². The van der Waals surface area contributed by atoms with E-state index in [1.165, 1.54) is 67.1 Å². The Hall–Kier alpha value is -1.62. The van der Waals surface area contributed by atoms with Crippen molar-refractivity contribution in [1.82, 2.24) is 14.8 Å². The second kappa shape index (κ2) is 13.6. The van der Waals surface area contributed by atoms with Crippen LogP contribution in [0.25, 0.3) is 12.7 Å². The summed E-state index contributed by atoms with van der Waals surface area (Å²) in [4.78, 5) is 9.24. The van der Waals surface area contributed by atoms with Crippen LogP contribution in [0.5, 0.6) is 0 Å². The first-order valence-corrected chi connectivity index (χ1v) is 14.8. The van der Waals surface area contributed by atoms with Gasteiger partial charge < -0.3 is 4.90 Å². The minimum Gasteiger partial charge on any atom is -0.348 e. The molecule has 4 nitrogen and oxygen atoms in total. The summed E-state index contributed by atoms with van der Waals surface area (Å²) in [6.07, 6.45) is 12.5. The molecule has 0 aliphatic carbocycles. The van der Waals surface area contributed by atoms with Crippen molar-refractivity contribution in [1.29, 1.82) is 0 Å². The van der Waals surface area contributed by atoms with Gasteiger partial charge in [0.15, 0.2) is 5.13 Å². The summed E-state index contributed by atoms with van der Waals surface area (Å²) in [5.41, 5.74) is 2.19. The third-order valence-electron chi connectivity index (χ3n) is 7.33. The molecule has 2 heterocycles. The zero-order valence-electron chi connectivity index (χ0n) is 24.2. The molecule has 0 amide bonds. The third-order valence-corrected chi connectivity index (χ3v) is 8.40. The van der Waals surface area contributed by atoms with E-state index >= 15 is 0 Å². The van der Waals surface area contributed by atoms with Crippen molar-refractivity contribution in [3.05, 3.63) is 26.8 Å². The number of thiazole rings is 1. The molecule has 198 valence electrons. The van der Waals surface area contributed by atoms with Crippen molar-refractivity contribution in [3.8, 4) is 0 Å². The smallest absolute Gasteiger partial charge is 0.186 e. The summed E-state index contributed by atoms with van der Waals surface area (Å²) < 4.78 is 1.88. The fourth-order valence-corrected chi connectivity index (χ4v) is 6.06. The summed E-state index contributed by atoms with van der Waals surface area (Å²) in [5.74, 6) is 1.44. The SMILES string of the molecule is C=c1/c(=C\c2sc(N(CC(CC)CCCC)CC(CC)CCCC)nc2C(C)(C)C)c(C)nn1C. The highest BCUT2D eigenvalue weighted by molar-refractivity contribution is 7.16. The van der Waals surface area contributed by atoms with Crippen molar-refractivity contribution in [3.63, 3.8) is 0 Å². The van der Waals surface area contributed by atoms with Gasteiger partial charge in [0.2, 0.25) is 0 Å². The van der Waals surface area contributed by atoms with E-state index in [2.05, 4.69) is 78.0 Å². The van der Waals surface area contributed by atoms with Crippen LogP contribution in [0.15, 0.2) is 0 Å². The Bertz CT molecular complexity index is 993. The van der Waals surface area contributed by atoms with E-state index in [0.29, 0.717) is 0 Å². The molecule has 2 atom stereocenters. The predicted molar refractivity (Wildman–Crippen MR) is 156 cm³/mol. The van der Waals surface area contributed by atoms with Crippen LogP contribution in [-0.4, -0.2) is 27.9 Å². The largest absolute Gasteiger partial charge is 0.348 e. The zero-order valence-corrected chi connectivity index (χ0v) is 25.0. The van der Waals surface area contributed by atoms with Gasteiger partial charge in [-0.05, 0) is 37.7 Å². The van der Waals surface area contributed by atoms with Crippen molar-refractivity contribution < 1.29 is 0 Å². The molecule has 0 saturated heterocycles. The monoisotopic (exact) mass is 500 g/mol. The minimum atomic E-state index is -0.0254. The molecule has 0 spiro atoms. The summed E-state index contributed by atoms with van der Waals surface area (Å²) in [7, 11) is 1.97. The first kappa shape index (κ1) is 29.6. The second-order valence-corrected chi connectivity index (χ2v) is 12.4. The van der Waals surface area contributed by atoms with Crippen LogP contribution >= 0.6 is 11.3 Å². The molecule has 35 heavy (non-hydrogen) atoms. The molecule has 2 aromatic heterocycles. The first-order valence-electron chi connectivity index (χ1n) is 14.0. The lowest BCUT2D eigenvalue weighted by Crippen LogP contribution is -2.34. The van der Waals surface area contributed by atoms with Crippen molar-refractivity contribution in [2.24, 2.45) is 18.9 Å². The van der Waals surface area contributed by atoms with Crippen molar-refractivity contribution in [2.75, 3.05) is 18.0 Å². The molecule has 0 aliphatic heterocycles. The molecule has 0 fully saturated rings. The van der Waals surface area contributed by atoms with Crippen molar-refractivity contribution in [2.45, 2.75) is 112 Å². The number of unbranched alkanes of at least 4 members (excludes halogenated alkanes) is 2. The maximum absolute atomic E-state index is 5.34. The van der Waals surface area contributed by atoms with E-state index in [1.54, 1.807) is 0 Å². The van der Waals surface area contributed by atoms with Gasteiger partial charge in [-0.3, -0.25) is 4.68 Å². The molecule has 0 bridgehead atoms. The predicted octanol–water partition coefficient (Wildman–Crippen LogP) is 6.96. The fraction of sp³-hybridized carbons (Fsp3) is 0.733. The van der Waals surface area contributed by atoms with Crippen LogP contribution in [0.2, 0.25) is 0 Å². The summed E-state index contributed by atoms with van der Waals surface area (Å²) in [6, 6.07) is 0. The molecular weight excluding hydrogens is 448 g/mol. The first-order chi connectivity index (χ1) is 16.5. The number of anilines is 1. The highest BCUT2D eigenvalue weighted by atomic mass is 32.1. The number of hydrogen-bond donors (Lipinski definition) is 0. The van der Waals surface area contributed by atoms with Crippen LogP contribution in [0, 0.1) is 18.8 Å². The maximum Gasteiger partial charge on any atom is 0.186 e. The summed E-state index contributed by atoms with van der Waals surface area (Å²) in [5, 5.41) is 7.88. The average molecular weight is 501 g/mol. The number of aromatic nitrogens is 3. The molecule has 2 unspecified atom stereocenters. The quantitative estimate of drug-likeness (QED) is 0.281. The van der Waals surface area contributed by atoms with E-state index in [0.717, 1.165) is 41.2 Å². The molecule has 2 rings (SSSR count). The lowest BCUT2D eigenvalue weighted by Gasteiger charge is -2.30. The Morgan fingerprint density at radius 3 is 1.94 bits per heavy atom. The van der Waals surface area contributed by atoms with Crippen LogP contribution in [0.4, 0.5) is 5.13 Å². The molecule has 0 radical (unpaired) electrons. The number of rotatable bonds is 14. The lowest BCUT2D eigenvalue weighted by molar-refractivity contribution is 0.403. The molecule has 2 aromatic rings. The standard InChI is InChI=1S/C30H52N4S/c1-11-15-17-24(13-3)20-34(21-25(14-4)18-16-12-2)29-31-28(30(7,8)9)27(35-29)19-26-22(5)32-33(10)23(26)6/h19,24-25H,6,11-18,20-21H2,1-5,7-10H3/b26-19-. The van der Waals surface area contributed by atoms with Gasteiger partial charge in [-0.25, -0.2) is 4.98 Å². The van der Waals surface area contributed by atoms with E-state index in [-0.39, 0.29) is 5.41 Å². The molecule has 0 N–H and O–H groups in total. The van der Waals surface area contributed by atoms with Crippen LogP contribution < -0.4 is 15.5 Å². The van der Waals surface area contributed by atoms with Gasteiger partial charge in [0.05, 0.1) is 21.6 Å². The van der Waals surface area contributed by atoms with Crippen LogP contribution in [0.1, 0.15) is 116 Å². The Morgan fingerprint density at radius 2 is 1.54 bits per heavy atom. The summed E-state index contributed by atoms with van der Waals surface area (Å²) in [6.45, 7) is 24.7. The van der Waals surface area contributed by atoms with Gasteiger partial charge in [-0.1, -0.05) is 105 Å². The fourth-order valence-electron chi connectivity index (χ4n) is 4.82. The van der Waals surface area contributed by atoms with Gasteiger partial charge in [-0.15, -0.1) is 0 Å². The molecule has 0 aromatic carbocycles. The highest BCUT2D eigenvalue weighted by Gasteiger charge is 2.26. The molecule has 5 heteroatoms. The van der Waals surface area contributed by atoms with Gasteiger partial charge in [0, 0.05) is 30.8 Å². The van der Waals surface area contributed by atoms with E-state index in [1.807, 2.05) is 23.1 Å². The molecule has 0 aliphatic rings. The number of aryl methyl sites for hydroxylation is 2. The summed E-state index contributed by atoms with van der Waals surface area (Å²) >= 11 is 1.86. The lowest BCUT2D eigenvalue weighted by atomic mass is 9.91. The highest BCUT2D eigenvalue weighted by Crippen LogP contribution is 2.36. The normalized spacial score (nSPS) is 14.5. The van der Waals surface area contributed by atoms with Crippen LogP contribution in [-0.2, 0) is 12.5 Å². The van der Waals surface area contributed by atoms with E-state index < -0.39 is 0 Å².